The maximum absolute atomic E-state index is 12.4. The van der Waals surface area contributed by atoms with Crippen molar-refractivity contribution in [3.05, 3.63) is 90.0 Å². The molecule has 0 aliphatic rings. The van der Waals surface area contributed by atoms with Gasteiger partial charge < -0.3 is 14.8 Å². The van der Waals surface area contributed by atoms with Crippen molar-refractivity contribution in [2.24, 2.45) is 0 Å². The molecule has 3 aromatic rings. The average molecular weight is 440 g/mol. The molecule has 0 saturated heterocycles. The molecule has 1 N–H and O–H groups in total. The number of amides is 1. The number of benzene rings is 3. The molecule has 31 heavy (non-hydrogen) atoms. The molecule has 0 aromatic heterocycles. The normalized spacial score (nSPS) is 11.0. The summed E-state index contributed by atoms with van der Waals surface area (Å²) in [6, 6.07) is 24.5. The first-order valence-electron chi connectivity index (χ1n) is 9.84. The second-order valence-electron chi connectivity index (χ2n) is 7.11. The van der Waals surface area contributed by atoms with Gasteiger partial charge in [0.1, 0.15) is 18.1 Å². The molecule has 0 spiro atoms. The molecule has 3 aromatic carbocycles. The van der Waals surface area contributed by atoms with Gasteiger partial charge in [0.05, 0.1) is 5.75 Å². The molecule has 0 aliphatic carbocycles. The van der Waals surface area contributed by atoms with E-state index in [2.05, 4.69) is 17.4 Å². The quantitative estimate of drug-likeness (QED) is 0.521. The van der Waals surface area contributed by atoms with Crippen LogP contribution in [0.2, 0.25) is 0 Å². The van der Waals surface area contributed by atoms with Crippen LogP contribution in [0.25, 0.3) is 0 Å². The monoisotopic (exact) mass is 439 g/mol. The van der Waals surface area contributed by atoms with E-state index < -0.39 is 9.84 Å². The zero-order valence-corrected chi connectivity index (χ0v) is 18.1. The number of sulfone groups is 1. The number of hydrogen-bond acceptors (Lipinski definition) is 5. The number of hydrogen-bond donors (Lipinski definition) is 1. The molecule has 0 heterocycles. The average Bonchev–Trinajstić information content (AvgIpc) is 2.73. The fourth-order valence-corrected chi connectivity index (χ4v) is 3.31. The number of anilines is 1. The summed E-state index contributed by atoms with van der Waals surface area (Å²) in [5.74, 6) is 0.776. The van der Waals surface area contributed by atoms with E-state index >= 15 is 0 Å². The predicted molar refractivity (Wildman–Crippen MR) is 121 cm³/mol. The zero-order chi connectivity index (χ0) is 22.1. The number of ether oxygens (including phenoxy) is 2. The molecule has 0 bridgehead atoms. The van der Waals surface area contributed by atoms with Gasteiger partial charge in [0.2, 0.25) is 0 Å². The Morgan fingerprint density at radius 1 is 0.903 bits per heavy atom. The molecular formula is C24H25NO5S. The molecule has 0 fully saturated rings. The lowest BCUT2D eigenvalue weighted by atomic mass is 10.0. The fraction of sp³-hybridized carbons (Fsp3) is 0.208. The van der Waals surface area contributed by atoms with Crippen LogP contribution in [-0.2, 0) is 21.1 Å². The Hall–Kier alpha value is -3.32. The second-order valence-corrected chi connectivity index (χ2v) is 9.37. The Labute approximate surface area is 182 Å². The second kappa shape index (κ2) is 10.6. The van der Waals surface area contributed by atoms with E-state index in [1.807, 2.05) is 42.5 Å². The van der Waals surface area contributed by atoms with E-state index in [0.29, 0.717) is 23.6 Å². The molecule has 0 saturated carbocycles. The zero-order valence-electron chi connectivity index (χ0n) is 17.3. The Morgan fingerprint density at radius 3 is 2.42 bits per heavy atom. The number of carbonyl (C=O) groups excluding carboxylic acids is 1. The van der Waals surface area contributed by atoms with Crippen LogP contribution in [0.5, 0.6) is 11.5 Å². The van der Waals surface area contributed by atoms with E-state index in [0.717, 1.165) is 17.4 Å². The minimum Gasteiger partial charge on any atom is -0.492 e. The van der Waals surface area contributed by atoms with Crippen LogP contribution in [0.1, 0.15) is 11.1 Å². The summed E-state index contributed by atoms with van der Waals surface area (Å²) in [6.07, 6.45) is 1.87. The van der Waals surface area contributed by atoms with Gasteiger partial charge in [-0.1, -0.05) is 54.6 Å². The molecule has 7 heteroatoms. The van der Waals surface area contributed by atoms with Gasteiger partial charge in [0.25, 0.3) is 5.91 Å². The third-order valence-corrected chi connectivity index (χ3v) is 5.32. The first-order valence-corrected chi connectivity index (χ1v) is 11.9. The van der Waals surface area contributed by atoms with Gasteiger partial charge in [0.15, 0.2) is 16.4 Å². The lowest BCUT2D eigenvalue weighted by Gasteiger charge is -2.12. The van der Waals surface area contributed by atoms with Crippen molar-refractivity contribution in [1.29, 1.82) is 0 Å². The molecule has 162 valence electrons. The Morgan fingerprint density at radius 2 is 1.65 bits per heavy atom. The topological polar surface area (TPSA) is 81.7 Å². The summed E-state index contributed by atoms with van der Waals surface area (Å²) in [5.41, 5.74) is 2.71. The smallest absolute Gasteiger partial charge is 0.262 e. The molecule has 0 atom stereocenters. The van der Waals surface area contributed by atoms with Crippen molar-refractivity contribution in [2.45, 2.75) is 6.42 Å². The lowest BCUT2D eigenvalue weighted by Crippen LogP contribution is -2.20. The number of para-hydroxylation sites is 1. The SMILES string of the molecule is CS(=O)(=O)CCOc1cccc(NC(=O)COc2ccccc2Cc2ccccc2)c1. The number of nitrogens with one attached hydrogen (secondary N) is 1. The van der Waals surface area contributed by atoms with Gasteiger partial charge in [-0.25, -0.2) is 8.42 Å². The van der Waals surface area contributed by atoms with E-state index in [9.17, 15) is 13.2 Å². The van der Waals surface area contributed by atoms with Crippen LogP contribution in [0.4, 0.5) is 5.69 Å². The molecule has 0 aliphatic heterocycles. The molecule has 0 radical (unpaired) electrons. The summed E-state index contributed by atoms with van der Waals surface area (Å²) in [6.45, 7) is -0.0808. The Bertz CT molecular complexity index is 1110. The highest BCUT2D eigenvalue weighted by molar-refractivity contribution is 7.90. The molecule has 3 rings (SSSR count). The Kier molecular flexibility index (Phi) is 7.67. The van der Waals surface area contributed by atoms with E-state index in [1.165, 1.54) is 0 Å². The van der Waals surface area contributed by atoms with Crippen molar-refractivity contribution < 1.29 is 22.7 Å². The molecule has 6 nitrogen and oxygen atoms in total. The van der Waals surface area contributed by atoms with Crippen LogP contribution in [0, 0.1) is 0 Å². The summed E-state index contributed by atoms with van der Waals surface area (Å²) >= 11 is 0. The Balaban J connectivity index is 1.54. The van der Waals surface area contributed by atoms with E-state index in [1.54, 1.807) is 24.3 Å². The van der Waals surface area contributed by atoms with Crippen LogP contribution < -0.4 is 14.8 Å². The first-order chi connectivity index (χ1) is 14.9. The largest absolute Gasteiger partial charge is 0.492 e. The van der Waals surface area contributed by atoms with E-state index in [-0.39, 0.29) is 24.9 Å². The van der Waals surface area contributed by atoms with Crippen LogP contribution >= 0.6 is 0 Å². The minimum atomic E-state index is -3.09. The van der Waals surface area contributed by atoms with E-state index in [4.69, 9.17) is 9.47 Å². The third kappa shape index (κ3) is 7.79. The highest BCUT2D eigenvalue weighted by atomic mass is 32.2. The standard InChI is InChI=1S/C24H25NO5S/c1-31(27,28)15-14-29-22-12-7-11-21(17-22)25-24(26)18-30-23-13-6-5-10-20(23)16-19-8-3-2-4-9-19/h2-13,17H,14-16,18H2,1H3,(H,25,26). The maximum Gasteiger partial charge on any atom is 0.262 e. The predicted octanol–water partition coefficient (Wildman–Crippen LogP) is 3.72. The van der Waals surface area contributed by atoms with Gasteiger partial charge in [-0.2, -0.15) is 0 Å². The van der Waals surface area contributed by atoms with Gasteiger partial charge in [-0.05, 0) is 29.3 Å². The molecular weight excluding hydrogens is 414 g/mol. The molecule has 1 amide bonds. The maximum atomic E-state index is 12.4. The summed E-state index contributed by atoms with van der Waals surface area (Å²) in [7, 11) is -3.09. The highest BCUT2D eigenvalue weighted by Gasteiger charge is 2.09. The highest BCUT2D eigenvalue weighted by Crippen LogP contribution is 2.22. The van der Waals surface area contributed by atoms with Crippen molar-refractivity contribution in [3.8, 4) is 11.5 Å². The van der Waals surface area contributed by atoms with Gasteiger partial charge >= 0.3 is 0 Å². The summed E-state index contributed by atoms with van der Waals surface area (Å²) < 4.78 is 33.6. The van der Waals surface area contributed by atoms with Gasteiger partial charge in [-0.3, -0.25) is 4.79 Å². The van der Waals surface area contributed by atoms with Crippen molar-refractivity contribution in [3.63, 3.8) is 0 Å². The third-order valence-electron chi connectivity index (χ3n) is 4.41. The lowest BCUT2D eigenvalue weighted by molar-refractivity contribution is -0.118. The summed E-state index contributed by atoms with van der Waals surface area (Å²) in [5, 5.41) is 2.77. The van der Waals surface area contributed by atoms with Gasteiger partial charge in [-0.15, -0.1) is 0 Å². The fourth-order valence-electron chi connectivity index (χ4n) is 2.92. The van der Waals surface area contributed by atoms with Crippen molar-refractivity contribution >= 4 is 21.4 Å². The number of carbonyl (C=O) groups is 1. The number of rotatable bonds is 10. The van der Waals surface area contributed by atoms with Crippen LogP contribution in [0.3, 0.4) is 0 Å². The molecule has 0 unspecified atom stereocenters. The minimum absolute atomic E-state index is 0.0531. The summed E-state index contributed by atoms with van der Waals surface area (Å²) in [4.78, 5) is 12.4. The van der Waals surface area contributed by atoms with Gasteiger partial charge in [0, 0.05) is 24.4 Å². The van der Waals surface area contributed by atoms with Crippen LogP contribution in [-0.4, -0.2) is 39.5 Å². The van der Waals surface area contributed by atoms with Crippen molar-refractivity contribution in [1.82, 2.24) is 0 Å². The first kappa shape index (κ1) is 22.4. The van der Waals surface area contributed by atoms with Crippen LogP contribution in [0.15, 0.2) is 78.9 Å². The van der Waals surface area contributed by atoms with Crippen molar-refractivity contribution in [2.75, 3.05) is 30.5 Å².